The first-order valence-corrected chi connectivity index (χ1v) is 5.03. The number of nitrogens with two attached hydrogens (primary N) is 1. The third-order valence-electron chi connectivity index (χ3n) is 2.80. The SMILES string of the molecule is CC(N)c1cc(C2CCC2)[nH]c(=O)n1. The summed E-state index contributed by atoms with van der Waals surface area (Å²) in [6.07, 6.45) is 3.58. The van der Waals surface area contributed by atoms with Gasteiger partial charge in [-0.1, -0.05) is 6.42 Å². The molecular weight excluding hydrogens is 178 g/mol. The maximum absolute atomic E-state index is 11.2. The van der Waals surface area contributed by atoms with Crippen LogP contribution in [0, 0.1) is 0 Å². The normalized spacial score (nSPS) is 19.0. The van der Waals surface area contributed by atoms with Crippen molar-refractivity contribution in [2.45, 2.75) is 38.1 Å². The highest BCUT2D eigenvalue weighted by Gasteiger charge is 2.21. The van der Waals surface area contributed by atoms with E-state index < -0.39 is 0 Å². The van der Waals surface area contributed by atoms with Gasteiger partial charge in [-0.2, -0.15) is 4.98 Å². The number of H-pyrrole nitrogens is 1. The molecule has 76 valence electrons. The average Bonchev–Trinajstić information content (AvgIpc) is 1.99. The minimum Gasteiger partial charge on any atom is -0.323 e. The molecule has 1 aliphatic rings. The summed E-state index contributed by atoms with van der Waals surface area (Å²) in [4.78, 5) is 17.9. The minimum atomic E-state index is -0.276. The number of rotatable bonds is 2. The predicted molar refractivity (Wildman–Crippen MR) is 54.1 cm³/mol. The summed E-state index contributed by atoms with van der Waals surface area (Å²) in [6.45, 7) is 1.84. The Hall–Kier alpha value is -1.16. The highest BCUT2D eigenvalue weighted by molar-refractivity contribution is 5.16. The van der Waals surface area contributed by atoms with E-state index >= 15 is 0 Å². The third-order valence-corrected chi connectivity index (χ3v) is 2.80. The fraction of sp³-hybridized carbons (Fsp3) is 0.600. The van der Waals surface area contributed by atoms with Gasteiger partial charge in [0.1, 0.15) is 0 Å². The molecule has 2 rings (SSSR count). The Kier molecular flexibility index (Phi) is 2.37. The zero-order valence-corrected chi connectivity index (χ0v) is 8.29. The molecule has 4 nitrogen and oxygen atoms in total. The molecule has 0 aliphatic heterocycles. The maximum atomic E-state index is 11.2. The van der Waals surface area contributed by atoms with E-state index in [1.54, 1.807) is 0 Å². The van der Waals surface area contributed by atoms with Crippen molar-refractivity contribution in [3.05, 3.63) is 27.9 Å². The van der Waals surface area contributed by atoms with Crippen molar-refractivity contribution >= 4 is 0 Å². The number of hydrogen-bond acceptors (Lipinski definition) is 3. The van der Waals surface area contributed by atoms with Gasteiger partial charge in [0.15, 0.2) is 0 Å². The molecular formula is C10H15N3O. The number of hydrogen-bond donors (Lipinski definition) is 2. The predicted octanol–water partition coefficient (Wildman–Crippen LogP) is 1.06. The molecule has 1 atom stereocenters. The van der Waals surface area contributed by atoms with Gasteiger partial charge >= 0.3 is 5.69 Å². The van der Waals surface area contributed by atoms with Crippen LogP contribution in [0.2, 0.25) is 0 Å². The van der Waals surface area contributed by atoms with Crippen molar-refractivity contribution in [1.82, 2.24) is 9.97 Å². The van der Waals surface area contributed by atoms with E-state index in [1.165, 1.54) is 19.3 Å². The summed E-state index contributed by atoms with van der Waals surface area (Å²) in [6, 6.07) is 1.76. The van der Waals surface area contributed by atoms with Crippen LogP contribution in [0.3, 0.4) is 0 Å². The van der Waals surface area contributed by atoms with E-state index in [0.29, 0.717) is 11.6 Å². The molecule has 0 saturated heterocycles. The molecule has 0 spiro atoms. The topological polar surface area (TPSA) is 71.8 Å². The van der Waals surface area contributed by atoms with Crippen LogP contribution in [0.4, 0.5) is 0 Å². The van der Waals surface area contributed by atoms with E-state index in [9.17, 15) is 4.79 Å². The molecule has 1 saturated carbocycles. The van der Waals surface area contributed by atoms with Crippen molar-refractivity contribution in [3.63, 3.8) is 0 Å². The maximum Gasteiger partial charge on any atom is 0.345 e. The van der Waals surface area contributed by atoms with Crippen molar-refractivity contribution < 1.29 is 0 Å². The summed E-state index contributed by atoms with van der Waals surface area (Å²) in [7, 11) is 0. The first-order chi connectivity index (χ1) is 6.66. The van der Waals surface area contributed by atoms with E-state index in [4.69, 9.17) is 5.73 Å². The number of aromatic nitrogens is 2. The molecule has 3 N–H and O–H groups in total. The molecule has 0 radical (unpaired) electrons. The van der Waals surface area contributed by atoms with E-state index in [2.05, 4.69) is 9.97 Å². The molecule has 4 heteroatoms. The van der Waals surface area contributed by atoms with Crippen molar-refractivity contribution in [2.24, 2.45) is 5.73 Å². The van der Waals surface area contributed by atoms with Gasteiger partial charge in [0.2, 0.25) is 0 Å². The fourth-order valence-corrected chi connectivity index (χ4v) is 1.67. The Bertz CT molecular complexity index is 379. The Morgan fingerprint density at radius 2 is 2.36 bits per heavy atom. The smallest absolute Gasteiger partial charge is 0.323 e. The fourth-order valence-electron chi connectivity index (χ4n) is 1.67. The molecule has 1 heterocycles. The van der Waals surface area contributed by atoms with Gasteiger partial charge in [0.05, 0.1) is 5.69 Å². The van der Waals surface area contributed by atoms with Gasteiger partial charge in [-0.25, -0.2) is 4.79 Å². The highest BCUT2D eigenvalue weighted by atomic mass is 16.1. The van der Waals surface area contributed by atoms with E-state index in [1.807, 2.05) is 13.0 Å². The second kappa shape index (κ2) is 3.53. The van der Waals surface area contributed by atoms with Crippen LogP contribution in [0.15, 0.2) is 10.9 Å². The second-order valence-corrected chi connectivity index (χ2v) is 3.98. The Morgan fingerprint density at radius 1 is 1.64 bits per heavy atom. The summed E-state index contributed by atoms with van der Waals surface area (Å²) >= 11 is 0. The lowest BCUT2D eigenvalue weighted by atomic mass is 9.82. The first-order valence-electron chi connectivity index (χ1n) is 5.03. The molecule has 14 heavy (non-hydrogen) atoms. The Labute approximate surface area is 82.6 Å². The zero-order valence-electron chi connectivity index (χ0n) is 8.29. The summed E-state index contributed by atoms with van der Waals surface area (Å²) < 4.78 is 0. The Balaban J connectivity index is 2.35. The summed E-state index contributed by atoms with van der Waals surface area (Å²) in [5, 5.41) is 0. The molecule has 1 unspecified atom stereocenters. The van der Waals surface area contributed by atoms with Crippen LogP contribution in [-0.4, -0.2) is 9.97 Å². The molecule has 1 aromatic heterocycles. The summed E-state index contributed by atoms with van der Waals surface area (Å²) in [5.74, 6) is 0.517. The number of aromatic amines is 1. The van der Waals surface area contributed by atoms with E-state index in [0.717, 1.165) is 5.69 Å². The molecule has 0 amide bonds. The van der Waals surface area contributed by atoms with Crippen LogP contribution >= 0.6 is 0 Å². The van der Waals surface area contributed by atoms with Crippen LogP contribution in [0.5, 0.6) is 0 Å². The molecule has 0 aromatic carbocycles. The monoisotopic (exact) mass is 193 g/mol. The molecule has 1 fully saturated rings. The zero-order chi connectivity index (χ0) is 10.1. The standard InChI is InChI=1S/C10H15N3O/c1-6(11)8-5-9(7-3-2-4-7)13-10(14)12-8/h5-7H,2-4,11H2,1H3,(H,12,13,14). The lowest BCUT2D eigenvalue weighted by molar-refractivity contribution is 0.409. The highest BCUT2D eigenvalue weighted by Crippen LogP contribution is 2.34. The lowest BCUT2D eigenvalue weighted by Gasteiger charge is -2.25. The van der Waals surface area contributed by atoms with Gasteiger partial charge in [0, 0.05) is 11.7 Å². The van der Waals surface area contributed by atoms with E-state index in [-0.39, 0.29) is 11.7 Å². The van der Waals surface area contributed by atoms with Gasteiger partial charge in [-0.15, -0.1) is 0 Å². The van der Waals surface area contributed by atoms with Crippen molar-refractivity contribution in [3.8, 4) is 0 Å². The quantitative estimate of drug-likeness (QED) is 0.737. The van der Waals surface area contributed by atoms with Gasteiger partial charge in [-0.05, 0) is 31.7 Å². The number of nitrogens with zero attached hydrogens (tertiary/aromatic N) is 1. The second-order valence-electron chi connectivity index (χ2n) is 3.98. The van der Waals surface area contributed by atoms with Crippen LogP contribution in [-0.2, 0) is 0 Å². The van der Waals surface area contributed by atoms with Crippen molar-refractivity contribution in [2.75, 3.05) is 0 Å². The summed E-state index contributed by atoms with van der Waals surface area (Å²) in [5.41, 5.74) is 7.11. The largest absolute Gasteiger partial charge is 0.345 e. The van der Waals surface area contributed by atoms with Crippen LogP contribution < -0.4 is 11.4 Å². The molecule has 0 bridgehead atoms. The third kappa shape index (κ3) is 1.70. The van der Waals surface area contributed by atoms with Gasteiger partial charge in [0.25, 0.3) is 0 Å². The van der Waals surface area contributed by atoms with Crippen LogP contribution in [0.25, 0.3) is 0 Å². The average molecular weight is 193 g/mol. The van der Waals surface area contributed by atoms with Gasteiger partial charge < -0.3 is 10.7 Å². The van der Waals surface area contributed by atoms with Crippen molar-refractivity contribution in [1.29, 1.82) is 0 Å². The van der Waals surface area contributed by atoms with Crippen LogP contribution in [0.1, 0.15) is 49.5 Å². The molecule has 1 aromatic rings. The first kappa shape index (κ1) is 9.40. The Morgan fingerprint density at radius 3 is 2.86 bits per heavy atom. The molecule has 1 aliphatic carbocycles. The lowest BCUT2D eigenvalue weighted by Crippen LogP contribution is -2.22. The minimum absolute atomic E-state index is 0.170. The van der Waals surface area contributed by atoms with Gasteiger partial charge in [-0.3, -0.25) is 0 Å². The number of nitrogens with one attached hydrogen (secondary N) is 1.